The molecule has 3 nitrogen and oxygen atoms in total. The lowest BCUT2D eigenvalue weighted by Crippen LogP contribution is -2.31. The number of nitrogens with zero attached hydrogens (tertiary/aromatic N) is 1. The molecule has 3 rings (SSSR count). The van der Waals surface area contributed by atoms with Gasteiger partial charge in [-0.25, -0.2) is 0 Å². The van der Waals surface area contributed by atoms with Gasteiger partial charge in [0, 0.05) is 30.3 Å². The minimum absolute atomic E-state index is 0.0506. The van der Waals surface area contributed by atoms with Crippen molar-refractivity contribution in [1.82, 2.24) is 4.90 Å². The van der Waals surface area contributed by atoms with Crippen molar-refractivity contribution in [2.75, 3.05) is 13.1 Å². The highest BCUT2D eigenvalue weighted by Crippen LogP contribution is 2.46. The molecule has 0 atom stereocenters. The van der Waals surface area contributed by atoms with Crippen molar-refractivity contribution in [1.29, 1.82) is 0 Å². The first-order valence-corrected chi connectivity index (χ1v) is 10.1. The van der Waals surface area contributed by atoms with Crippen LogP contribution in [-0.4, -0.2) is 34.9 Å². The maximum atomic E-state index is 13.0. The zero-order valence-corrected chi connectivity index (χ0v) is 16.0. The molecule has 2 heterocycles. The van der Waals surface area contributed by atoms with Crippen LogP contribution in [0.3, 0.4) is 0 Å². The Balaban J connectivity index is 2.05. The van der Waals surface area contributed by atoms with Gasteiger partial charge in [-0.15, -0.1) is 23.1 Å². The van der Waals surface area contributed by atoms with E-state index in [4.69, 9.17) is 0 Å². The van der Waals surface area contributed by atoms with Gasteiger partial charge in [0.2, 0.25) is 0 Å². The third-order valence-corrected chi connectivity index (χ3v) is 6.92. The molecule has 23 heavy (non-hydrogen) atoms. The van der Waals surface area contributed by atoms with E-state index in [2.05, 4.69) is 27.7 Å². The van der Waals surface area contributed by atoms with Crippen LogP contribution in [-0.2, 0) is 6.42 Å². The predicted octanol–water partition coefficient (Wildman–Crippen LogP) is 4.64. The number of Topliss-reactive ketones (excluding diaryl/α,β-unsaturated/α-hetero) is 1. The monoisotopic (exact) mass is 351 g/mol. The molecule has 2 aliphatic rings. The van der Waals surface area contributed by atoms with E-state index in [-0.39, 0.29) is 17.1 Å². The SMILES string of the molecule is CC(C)Sc1sc(C(=O)N2CCCC2)c2c1C(=O)CC(C)(C)C2. The molecule has 1 saturated heterocycles. The lowest BCUT2D eigenvalue weighted by atomic mass is 9.74. The number of rotatable bonds is 3. The number of hydrogen-bond acceptors (Lipinski definition) is 4. The number of amides is 1. The van der Waals surface area contributed by atoms with Gasteiger partial charge < -0.3 is 4.90 Å². The molecule has 0 saturated carbocycles. The van der Waals surface area contributed by atoms with Gasteiger partial charge >= 0.3 is 0 Å². The molecule has 1 aliphatic heterocycles. The minimum Gasteiger partial charge on any atom is -0.338 e. The van der Waals surface area contributed by atoms with Gasteiger partial charge in [0.25, 0.3) is 5.91 Å². The molecular weight excluding hydrogens is 326 g/mol. The fourth-order valence-electron chi connectivity index (χ4n) is 3.49. The van der Waals surface area contributed by atoms with Crippen LogP contribution in [0.5, 0.6) is 0 Å². The molecule has 0 bridgehead atoms. The second-order valence-corrected chi connectivity index (χ2v) is 10.5. The normalized spacial score (nSPS) is 20.2. The summed E-state index contributed by atoms with van der Waals surface area (Å²) in [4.78, 5) is 28.5. The van der Waals surface area contributed by atoms with Crippen LogP contribution in [0.1, 0.15) is 72.6 Å². The number of ketones is 1. The van der Waals surface area contributed by atoms with Gasteiger partial charge in [-0.2, -0.15) is 0 Å². The number of likely N-dealkylation sites (tertiary alicyclic amines) is 1. The van der Waals surface area contributed by atoms with Crippen molar-refractivity contribution in [3.63, 3.8) is 0 Å². The van der Waals surface area contributed by atoms with E-state index in [1.165, 1.54) is 0 Å². The quantitative estimate of drug-likeness (QED) is 0.745. The fraction of sp³-hybridized carbons (Fsp3) is 0.667. The van der Waals surface area contributed by atoms with E-state index in [1.807, 2.05) is 4.90 Å². The number of carbonyl (C=O) groups excluding carboxylic acids is 2. The summed E-state index contributed by atoms with van der Waals surface area (Å²) in [6.45, 7) is 10.2. The van der Waals surface area contributed by atoms with Gasteiger partial charge in [-0.3, -0.25) is 9.59 Å². The van der Waals surface area contributed by atoms with Crippen LogP contribution in [0, 0.1) is 5.41 Å². The Bertz CT molecular complexity index is 640. The lowest BCUT2D eigenvalue weighted by Gasteiger charge is -2.29. The summed E-state index contributed by atoms with van der Waals surface area (Å²) in [7, 11) is 0. The summed E-state index contributed by atoms with van der Waals surface area (Å²) in [6, 6.07) is 0. The summed E-state index contributed by atoms with van der Waals surface area (Å²) in [5, 5.41) is 0.412. The summed E-state index contributed by atoms with van der Waals surface area (Å²) in [5.74, 6) is 0.362. The van der Waals surface area contributed by atoms with Gasteiger partial charge in [-0.1, -0.05) is 27.7 Å². The van der Waals surface area contributed by atoms with Crippen molar-refractivity contribution >= 4 is 34.8 Å². The number of thioether (sulfide) groups is 1. The maximum absolute atomic E-state index is 13.0. The van der Waals surface area contributed by atoms with Crippen molar-refractivity contribution < 1.29 is 9.59 Å². The summed E-state index contributed by atoms with van der Waals surface area (Å²) < 4.78 is 1.05. The first-order valence-electron chi connectivity index (χ1n) is 8.43. The van der Waals surface area contributed by atoms with E-state index >= 15 is 0 Å². The zero-order valence-electron chi connectivity index (χ0n) is 14.4. The molecule has 0 unspecified atom stereocenters. The highest BCUT2D eigenvalue weighted by Gasteiger charge is 2.38. The molecule has 0 N–H and O–H groups in total. The Hall–Kier alpha value is -0.810. The third kappa shape index (κ3) is 3.36. The minimum atomic E-state index is -0.0506. The van der Waals surface area contributed by atoms with Crippen LogP contribution in [0.15, 0.2) is 4.21 Å². The van der Waals surface area contributed by atoms with E-state index in [9.17, 15) is 9.59 Å². The van der Waals surface area contributed by atoms with Crippen molar-refractivity contribution in [2.24, 2.45) is 5.41 Å². The van der Waals surface area contributed by atoms with Crippen molar-refractivity contribution in [3.8, 4) is 0 Å². The Morgan fingerprint density at radius 2 is 1.87 bits per heavy atom. The van der Waals surface area contributed by atoms with E-state index in [1.54, 1.807) is 23.1 Å². The smallest absolute Gasteiger partial charge is 0.264 e. The first-order chi connectivity index (χ1) is 10.8. The number of carbonyl (C=O) groups is 2. The second kappa shape index (κ2) is 6.25. The second-order valence-electron chi connectivity index (χ2n) is 7.68. The number of thiophene rings is 1. The van der Waals surface area contributed by atoms with Crippen molar-refractivity contribution in [3.05, 3.63) is 16.0 Å². The average Bonchev–Trinajstić information content (AvgIpc) is 3.04. The van der Waals surface area contributed by atoms with Crippen LogP contribution < -0.4 is 0 Å². The Kier molecular flexibility index (Phi) is 4.62. The maximum Gasteiger partial charge on any atom is 0.264 e. The standard InChI is InChI=1S/C18H25NO2S2/c1-11(2)22-17-14-12(9-18(3,4)10-13(14)20)15(23-17)16(21)19-7-5-6-8-19/h11H,5-10H2,1-4H3. The highest BCUT2D eigenvalue weighted by molar-refractivity contribution is 8.01. The molecule has 1 aromatic rings. The largest absolute Gasteiger partial charge is 0.338 e. The van der Waals surface area contributed by atoms with E-state index in [0.717, 1.165) is 52.6 Å². The molecule has 1 fully saturated rings. The molecule has 0 spiro atoms. The van der Waals surface area contributed by atoms with Crippen LogP contribution in [0.2, 0.25) is 0 Å². The molecule has 126 valence electrons. The van der Waals surface area contributed by atoms with Crippen LogP contribution >= 0.6 is 23.1 Å². The Morgan fingerprint density at radius 1 is 1.22 bits per heavy atom. The third-order valence-electron chi connectivity index (χ3n) is 4.48. The predicted molar refractivity (Wildman–Crippen MR) is 96.9 cm³/mol. The molecule has 0 aromatic carbocycles. The highest BCUT2D eigenvalue weighted by atomic mass is 32.2. The van der Waals surface area contributed by atoms with E-state index < -0.39 is 0 Å². The van der Waals surface area contributed by atoms with Crippen LogP contribution in [0.25, 0.3) is 0 Å². The number of hydrogen-bond donors (Lipinski definition) is 0. The molecule has 0 radical (unpaired) electrons. The first kappa shape index (κ1) is 17.0. The Morgan fingerprint density at radius 3 is 2.48 bits per heavy atom. The van der Waals surface area contributed by atoms with Gasteiger partial charge in [0.05, 0.1) is 9.09 Å². The van der Waals surface area contributed by atoms with Gasteiger partial charge in [0.1, 0.15) is 0 Å². The molecule has 1 amide bonds. The molecule has 1 aromatic heterocycles. The average molecular weight is 352 g/mol. The molecular formula is C18H25NO2S2. The lowest BCUT2D eigenvalue weighted by molar-refractivity contribution is 0.0795. The van der Waals surface area contributed by atoms with Crippen LogP contribution in [0.4, 0.5) is 0 Å². The Labute approximate surface area is 146 Å². The summed E-state index contributed by atoms with van der Waals surface area (Å²) >= 11 is 3.28. The number of fused-ring (bicyclic) bond motifs is 1. The zero-order chi connectivity index (χ0) is 16.8. The van der Waals surface area contributed by atoms with Gasteiger partial charge in [0.15, 0.2) is 5.78 Å². The van der Waals surface area contributed by atoms with E-state index in [0.29, 0.717) is 11.7 Å². The van der Waals surface area contributed by atoms with Crippen molar-refractivity contribution in [2.45, 2.75) is 62.8 Å². The molecule has 5 heteroatoms. The van der Waals surface area contributed by atoms with Gasteiger partial charge in [-0.05, 0) is 30.2 Å². The summed E-state index contributed by atoms with van der Waals surface area (Å²) in [5.41, 5.74) is 1.83. The summed E-state index contributed by atoms with van der Waals surface area (Å²) in [6.07, 6.45) is 3.60. The molecule has 1 aliphatic carbocycles. The fourth-order valence-corrected chi connectivity index (χ4v) is 6.33. The topological polar surface area (TPSA) is 37.4 Å².